The molecule has 2 unspecified atom stereocenters. The van der Waals surface area contributed by atoms with Crippen molar-refractivity contribution < 1.29 is 9.53 Å². The van der Waals surface area contributed by atoms with Gasteiger partial charge in [-0.3, -0.25) is 4.90 Å². The van der Waals surface area contributed by atoms with Gasteiger partial charge in [-0.05, 0) is 32.8 Å². The average Bonchev–Trinajstić information content (AvgIpc) is 2.47. The number of carbonyl (C=O) groups is 1. The topological polar surface area (TPSA) is 32.8 Å². The third-order valence-electron chi connectivity index (χ3n) is 4.13. The molecule has 0 N–H and O–H groups in total. The van der Waals surface area contributed by atoms with Crippen LogP contribution >= 0.6 is 0 Å². The maximum Gasteiger partial charge on any atom is 0.409 e. The summed E-state index contributed by atoms with van der Waals surface area (Å²) in [5.74, 6) is 0. The fourth-order valence-electron chi connectivity index (χ4n) is 3.06. The first-order valence-corrected chi connectivity index (χ1v) is 7.83. The third-order valence-corrected chi connectivity index (χ3v) is 4.13. The Hall–Kier alpha value is -1.55. The Kier molecular flexibility index (Phi) is 5.62. The number of hydrogen-bond donors (Lipinski definition) is 0. The fraction of sp³-hybridized carbons (Fsp3) is 0.588. The molecule has 2 rings (SSSR count). The number of rotatable bonds is 4. The van der Waals surface area contributed by atoms with Crippen LogP contribution in [0.2, 0.25) is 0 Å². The second-order valence-electron chi connectivity index (χ2n) is 5.78. The molecule has 0 bridgehead atoms. The predicted molar refractivity (Wildman–Crippen MR) is 84.4 cm³/mol. The number of piperazine rings is 1. The van der Waals surface area contributed by atoms with Gasteiger partial charge in [-0.2, -0.15) is 0 Å². The molecule has 0 radical (unpaired) electrons. The Labute approximate surface area is 127 Å². The highest BCUT2D eigenvalue weighted by Crippen LogP contribution is 2.17. The quantitative estimate of drug-likeness (QED) is 0.855. The number of ether oxygens (including phenoxy) is 1. The van der Waals surface area contributed by atoms with Crippen molar-refractivity contribution in [1.82, 2.24) is 9.80 Å². The van der Waals surface area contributed by atoms with E-state index in [9.17, 15) is 4.79 Å². The van der Waals surface area contributed by atoms with Gasteiger partial charge in [-0.1, -0.05) is 30.3 Å². The van der Waals surface area contributed by atoms with E-state index in [4.69, 9.17) is 4.74 Å². The summed E-state index contributed by atoms with van der Waals surface area (Å²) in [6, 6.07) is 11.3. The maximum absolute atomic E-state index is 11.9. The van der Waals surface area contributed by atoms with Crippen LogP contribution in [0.15, 0.2) is 30.3 Å². The first kappa shape index (κ1) is 15.8. The molecule has 0 aliphatic carbocycles. The van der Waals surface area contributed by atoms with Crippen molar-refractivity contribution in [2.45, 2.75) is 39.3 Å². The van der Waals surface area contributed by atoms with Crippen molar-refractivity contribution in [3.63, 3.8) is 0 Å². The van der Waals surface area contributed by atoms with Gasteiger partial charge in [0.15, 0.2) is 0 Å². The van der Waals surface area contributed by atoms with Crippen LogP contribution < -0.4 is 0 Å². The normalized spacial score (nSPS) is 23.1. The van der Waals surface area contributed by atoms with Crippen LogP contribution in [0.5, 0.6) is 0 Å². The van der Waals surface area contributed by atoms with Crippen molar-refractivity contribution in [2.75, 3.05) is 26.2 Å². The average molecular weight is 290 g/mol. The van der Waals surface area contributed by atoms with E-state index in [0.29, 0.717) is 18.7 Å². The minimum absolute atomic E-state index is 0.182. The lowest BCUT2D eigenvalue weighted by Gasteiger charge is -2.44. The van der Waals surface area contributed by atoms with E-state index in [0.717, 1.165) is 26.1 Å². The van der Waals surface area contributed by atoms with Crippen LogP contribution in [-0.2, 0) is 11.2 Å². The molecule has 0 aromatic heterocycles. The molecule has 1 aliphatic rings. The highest BCUT2D eigenvalue weighted by atomic mass is 16.6. The largest absolute Gasteiger partial charge is 0.450 e. The van der Waals surface area contributed by atoms with Crippen molar-refractivity contribution in [3.05, 3.63) is 35.9 Å². The van der Waals surface area contributed by atoms with Crippen molar-refractivity contribution in [3.8, 4) is 0 Å². The molecular formula is C17H26N2O2. The van der Waals surface area contributed by atoms with Crippen LogP contribution in [0, 0.1) is 0 Å². The first-order valence-electron chi connectivity index (χ1n) is 7.83. The van der Waals surface area contributed by atoms with E-state index < -0.39 is 0 Å². The van der Waals surface area contributed by atoms with Crippen molar-refractivity contribution in [2.24, 2.45) is 0 Å². The summed E-state index contributed by atoms with van der Waals surface area (Å²) < 4.78 is 5.11. The molecule has 1 aromatic rings. The van der Waals surface area contributed by atoms with E-state index in [1.807, 2.05) is 17.9 Å². The Morgan fingerprint density at radius 2 is 1.81 bits per heavy atom. The third kappa shape index (κ3) is 4.21. The summed E-state index contributed by atoms with van der Waals surface area (Å²) >= 11 is 0. The zero-order chi connectivity index (χ0) is 15.2. The molecule has 1 aliphatic heterocycles. The molecule has 0 spiro atoms. The van der Waals surface area contributed by atoms with Gasteiger partial charge < -0.3 is 9.64 Å². The molecule has 1 aromatic carbocycles. The van der Waals surface area contributed by atoms with Crippen LogP contribution in [-0.4, -0.2) is 54.2 Å². The SMILES string of the molecule is CCOC(=O)N1CC(C)N(CCc2ccccc2)C(C)C1. The van der Waals surface area contributed by atoms with E-state index in [1.165, 1.54) is 5.56 Å². The second-order valence-corrected chi connectivity index (χ2v) is 5.78. The van der Waals surface area contributed by atoms with Gasteiger partial charge in [-0.25, -0.2) is 4.79 Å². The second kappa shape index (κ2) is 7.46. The predicted octanol–water partition coefficient (Wildman–Crippen LogP) is 2.78. The summed E-state index contributed by atoms with van der Waals surface area (Å²) in [7, 11) is 0. The van der Waals surface area contributed by atoms with Gasteiger partial charge in [0, 0.05) is 31.7 Å². The molecule has 1 amide bonds. The van der Waals surface area contributed by atoms with Crippen LogP contribution in [0.25, 0.3) is 0 Å². The van der Waals surface area contributed by atoms with Crippen molar-refractivity contribution >= 4 is 6.09 Å². The Morgan fingerprint density at radius 1 is 1.19 bits per heavy atom. The molecule has 1 heterocycles. The van der Waals surface area contributed by atoms with E-state index >= 15 is 0 Å². The maximum atomic E-state index is 11.9. The highest BCUT2D eigenvalue weighted by Gasteiger charge is 2.31. The number of carbonyl (C=O) groups excluding carboxylic acids is 1. The standard InChI is InChI=1S/C17H26N2O2/c1-4-21-17(20)18-12-14(2)19(15(3)13-18)11-10-16-8-6-5-7-9-16/h5-9,14-15H,4,10-13H2,1-3H3. The minimum atomic E-state index is -0.182. The van der Waals surface area contributed by atoms with E-state index in [1.54, 1.807) is 0 Å². The van der Waals surface area contributed by atoms with Crippen LogP contribution in [0.1, 0.15) is 26.3 Å². The summed E-state index contributed by atoms with van der Waals surface area (Å²) in [4.78, 5) is 16.2. The van der Waals surface area contributed by atoms with Crippen LogP contribution in [0.3, 0.4) is 0 Å². The summed E-state index contributed by atoms with van der Waals surface area (Å²) in [6.07, 6.45) is 0.869. The Bertz CT molecular complexity index is 437. The Morgan fingerprint density at radius 3 is 2.38 bits per heavy atom. The van der Waals surface area contributed by atoms with Gasteiger partial charge in [0.25, 0.3) is 0 Å². The molecular weight excluding hydrogens is 264 g/mol. The molecule has 4 nitrogen and oxygen atoms in total. The lowest BCUT2D eigenvalue weighted by atomic mass is 10.1. The van der Waals surface area contributed by atoms with Gasteiger partial charge in [-0.15, -0.1) is 0 Å². The molecule has 1 saturated heterocycles. The molecule has 4 heteroatoms. The monoisotopic (exact) mass is 290 g/mol. The lowest BCUT2D eigenvalue weighted by Crippen LogP contribution is -2.58. The van der Waals surface area contributed by atoms with Gasteiger partial charge >= 0.3 is 6.09 Å². The smallest absolute Gasteiger partial charge is 0.409 e. The lowest BCUT2D eigenvalue weighted by molar-refractivity contribution is 0.0296. The molecule has 0 saturated carbocycles. The molecule has 21 heavy (non-hydrogen) atoms. The number of hydrogen-bond acceptors (Lipinski definition) is 3. The summed E-state index contributed by atoms with van der Waals surface area (Å²) in [5, 5.41) is 0. The fourth-order valence-corrected chi connectivity index (χ4v) is 3.06. The van der Waals surface area contributed by atoms with Gasteiger partial charge in [0.05, 0.1) is 6.61 Å². The summed E-state index contributed by atoms with van der Waals surface area (Å²) in [6.45, 7) is 9.19. The zero-order valence-corrected chi connectivity index (χ0v) is 13.3. The molecule has 116 valence electrons. The molecule has 2 atom stereocenters. The van der Waals surface area contributed by atoms with E-state index in [-0.39, 0.29) is 6.09 Å². The Balaban J connectivity index is 1.89. The zero-order valence-electron chi connectivity index (χ0n) is 13.3. The van der Waals surface area contributed by atoms with Crippen LogP contribution in [0.4, 0.5) is 4.79 Å². The minimum Gasteiger partial charge on any atom is -0.450 e. The highest BCUT2D eigenvalue weighted by molar-refractivity contribution is 5.67. The number of benzene rings is 1. The van der Waals surface area contributed by atoms with E-state index in [2.05, 4.69) is 43.0 Å². The summed E-state index contributed by atoms with van der Waals surface area (Å²) in [5.41, 5.74) is 1.37. The first-order chi connectivity index (χ1) is 10.1. The van der Waals surface area contributed by atoms with Gasteiger partial charge in [0.2, 0.25) is 0 Å². The number of nitrogens with zero attached hydrogens (tertiary/aromatic N) is 2. The van der Waals surface area contributed by atoms with Gasteiger partial charge in [0.1, 0.15) is 0 Å². The molecule has 1 fully saturated rings. The van der Waals surface area contributed by atoms with Crippen molar-refractivity contribution in [1.29, 1.82) is 0 Å². The number of amides is 1.